The summed E-state index contributed by atoms with van der Waals surface area (Å²) in [5.74, 6) is 0. The molecule has 5 aromatic carbocycles. The predicted octanol–water partition coefficient (Wildman–Crippen LogP) is 10.3. The van der Waals surface area contributed by atoms with Crippen LogP contribution in [0.3, 0.4) is 0 Å². The van der Waals surface area contributed by atoms with Crippen LogP contribution in [0.5, 0.6) is 0 Å². The molecule has 0 N–H and O–H groups in total. The molecule has 0 radical (unpaired) electrons. The summed E-state index contributed by atoms with van der Waals surface area (Å²) in [5.41, 5.74) is 10.2. The molecule has 0 bridgehead atoms. The van der Waals surface area contributed by atoms with Crippen molar-refractivity contribution in [2.24, 2.45) is 0 Å². The molecule has 2 heteroatoms. The highest BCUT2D eigenvalue weighted by molar-refractivity contribution is 7.26. The number of rotatable bonds is 2. The van der Waals surface area contributed by atoms with Crippen molar-refractivity contribution in [1.29, 1.82) is 0 Å². The van der Waals surface area contributed by atoms with Gasteiger partial charge in [0.1, 0.15) is 0 Å². The lowest BCUT2D eigenvalue weighted by Crippen LogP contribution is -2.14. The van der Waals surface area contributed by atoms with Gasteiger partial charge >= 0.3 is 0 Å². The summed E-state index contributed by atoms with van der Waals surface area (Å²) in [6.07, 6.45) is 0. The zero-order valence-electron chi connectivity index (χ0n) is 19.6. The van der Waals surface area contributed by atoms with Crippen LogP contribution in [0.2, 0.25) is 5.02 Å². The fraction of sp³-hybridized carbons (Fsp3) is 0.0909. The third-order valence-corrected chi connectivity index (χ3v) is 9.05. The van der Waals surface area contributed by atoms with Crippen molar-refractivity contribution in [1.82, 2.24) is 0 Å². The molecule has 1 aliphatic rings. The number of hydrogen-bond acceptors (Lipinski definition) is 1. The number of thiophene rings is 1. The third kappa shape index (κ3) is 2.99. The van der Waals surface area contributed by atoms with Gasteiger partial charge in [0.25, 0.3) is 0 Å². The molecular weight excluding hydrogens is 464 g/mol. The monoisotopic (exact) mass is 486 g/mol. The van der Waals surface area contributed by atoms with Gasteiger partial charge in [-0.1, -0.05) is 110 Å². The van der Waals surface area contributed by atoms with E-state index in [0.29, 0.717) is 0 Å². The SMILES string of the molecule is CC1(C)c2ccccc2-c2cc(-c3cc(Cl)c(-c4ccccc4)c4sc5ccccc5c34)ccc21. The summed E-state index contributed by atoms with van der Waals surface area (Å²) in [4.78, 5) is 0. The lowest BCUT2D eigenvalue weighted by Gasteiger charge is -2.21. The Labute approximate surface area is 214 Å². The van der Waals surface area contributed by atoms with Crippen LogP contribution < -0.4 is 0 Å². The average molecular weight is 487 g/mol. The highest BCUT2D eigenvalue weighted by Crippen LogP contribution is 2.52. The first-order valence-electron chi connectivity index (χ1n) is 12.0. The largest absolute Gasteiger partial charge is 0.134 e. The van der Waals surface area contributed by atoms with Crippen molar-refractivity contribution in [2.45, 2.75) is 19.3 Å². The number of fused-ring (bicyclic) bond motifs is 6. The first-order valence-corrected chi connectivity index (χ1v) is 13.2. The second-order valence-electron chi connectivity index (χ2n) is 9.88. The molecule has 1 heterocycles. The highest BCUT2D eigenvalue weighted by Gasteiger charge is 2.35. The van der Waals surface area contributed by atoms with Crippen molar-refractivity contribution < 1.29 is 0 Å². The summed E-state index contributed by atoms with van der Waals surface area (Å²) in [6, 6.07) is 37.2. The molecule has 0 spiro atoms. The van der Waals surface area contributed by atoms with Crippen LogP contribution in [0.4, 0.5) is 0 Å². The number of hydrogen-bond donors (Lipinski definition) is 0. The van der Waals surface area contributed by atoms with Crippen molar-refractivity contribution in [3.63, 3.8) is 0 Å². The molecule has 0 nitrogen and oxygen atoms in total. The van der Waals surface area contributed by atoms with Crippen molar-refractivity contribution in [2.75, 3.05) is 0 Å². The second kappa shape index (κ2) is 7.55. The van der Waals surface area contributed by atoms with Crippen LogP contribution in [-0.2, 0) is 5.41 Å². The molecule has 7 rings (SSSR count). The fourth-order valence-electron chi connectivity index (χ4n) is 5.86. The maximum atomic E-state index is 7.07. The van der Waals surface area contributed by atoms with E-state index in [4.69, 9.17) is 11.6 Å². The molecule has 1 aromatic heterocycles. The van der Waals surface area contributed by atoms with Crippen LogP contribution >= 0.6 is 22.9 Å². The molecule has 6 aromatic rings. The average Bonchev–Trinajstić information content (AvgIpc) is 3.37. The van der Waals surface area contributed by atoms with Gasteiger partial charge in [0.15, 0.2) is 0 Å². The standard InChI is InChI=1S/C33H23ClS/c1-33(2)26-14-8-6-12-22(26)25-18-21(16-17-27(25)33)24-19-28(34)30(20-10-4-3-5-11-20)32-31(24)23-13-7-9-15-29(23)35-32/h3-19H,1-2H3. The van der Waals surface area contributed by atoms with Gasteiger partial charge in [0.05, 0.1) is 5.02 Å². The zero-order valence-corrected chi connectivity index (χ0v) is 21.2. The third-order valence-electron chi connectivity index (χ3n) is 7.56. The molecule has 0 aliphatic heterocycles. The Balaban J connectivity index is 1.55. The van der Waals surface area contributed by atoms with E-state index < -0.39 is 0 Å². The Morgan fingerprint density at radius 1 is 0.629 bits per heavy atom. The molecule has 0 unspecified atom stereocenters. The summed E-state index contributed by atoms with van der Waals surface area (Å²) < 4.78 is 2.54. The topological polar surface area (TPSA) is 0 Å². The lowest BCUT2D eigenvalue weighted by atomic mass is 9.82. The van der Waals surface area contributed by atoms with Crippen LogP contribution in [0.1, 0.15) is 25.0 Å². The van der Waals surface area contributed by atoms with Gasteiger partial charge < -0.3 is 0 Å². The maximum Gasteiger partial charge on any atom is 0.0505 e. The van der Waals surface area contributed by atoms with E-state index in [1.807, 2.05) is 11.3 Å². The lowest BCUT2D eigenvalue weighted by molar-refractivity contribution is 0.660. The smallest absolute Gasteiger partial charge is 0.0505 e. The van der Waals surface area contributed by atoms with E-state index in [0.717, 1.165) is 16.1 Å². The highest BCUT2D eigenvalue weighted by atomic mass is 35.5. The zero-order chi connectivity index (χ0) is 23.7. The molecule has 0 fully saturated rings. The molecule has 0 atom stereocenters. The van der Waals surface area contributed by atoms with Gasteiger partial charge in [-0.25, -0.2) is 0 Å². The van der Waals surface area contributed by atoms with Crippen LogP contribution in [0.15, 0.2) is 103 Å². The molecule has 35 heavy (non-hydrogen) atoms. The van der Waals surface area contributed by atoms with E-state index in [1.54, 1.807) is 0 Å². The molecule has 0 saturated heterocycles. The first-order chi connectivity index (χ1) is 17.0. The number of halogens is 1. The van der Waals surface area contributed by atoms with E-state index in [9.17, 15) is 0 Å². The van der Waals surface area contributed by atoms with Gasteiger partial charge in [-0.15, -0.1) is 11.3 Å². The van der Waals surface area contributed by atoms with E-state index in [-0.39, 0.29) is 5.41 Å². The summed E-state index contributed by atoms with van der Waals surface area (Å²) in [5, 5.41) is 3.38. The van der Waals surface area contributed by atoms with Gasteiger partial charge in [-0.05, 0) is 57.1 Å². The van der Waals surface area contributed by atoms with Gasteiger partial charge in [0.2, 0.25) is 0 Å². The Morgan fingerprint density at radius 2 is 1.34 bits per heavy atom. The quantitative estimate of drug-likeness (QED) is 0.228. The van der Waals surface area contributed by atoms with Gasteiger partial charge in [-0.2, -0.15) is 0 Å². The Hall–Kier alpha value is -3.39. The van der Waals surface area contributed by atoms with E-state index >= 15 is 0 Å². The predicted molar refractivity (Wildman–Crippen MR) is 153 cm³/mol. The Kier molecular flexibility index (Phi) is 4.52. The van der Waals surface area contributed by atoms with Crippen molar-refractivity contribution in [3.05, 3.63) is 119 Å². The van der Waals surface area contributed by atoms with Gasteiger partial charge in [0, 0.05) is 31.2 Å². The van der Waals surface area contributed by atoms with E-state index in [1.165, 1.54) is 53.6 Å². The molecule has 0 amide bonds. The van der Waals surface area contributed by atoms with Crippen LogP contribution in [-0.4, -0.2) is 0 Å². The Bertz CT molecular complexity index is 1770. The summed E-state index contributed by atoms with van der Waals surface area (Å²) in [7, 11) is 0. The molecular formula is C33H23ClS. The maximum absolute atomic E-state index is 7.07. The second-order valence-corrected chi connectivity index (χ2v) is 11.3. The van der Waals surface area contributed by atoms with Crippen molar-refractivity contribution >= 4 is 43.1 Å². The number of benzene rings is 5. The molecule has 1 aliphatic carbocycles. The normalized spacial score (nSPS) is 13.8. The minimum Gasteiger partial charge on any atom is -0.134 e. The van der Waals surface area contributed by atoms with E-state index in [2.05, 4.69) is 117 Å². The molecule has 168 valence electrons. The first kappa shape index (κ1) is 20.9. The van der Waals surface area contributed by atoms with Crippen LogP contribution in [0, 0.1) is 0 Å². The Morgan fingerprint density at radius 3 is 2.20 bits per heavy atom. The molecule has 0 saturated carbocycles. The van der Waals surface area contributed by atoms with Crippen LogP contribution in [0.25, 0.3) is 53.6 Å². The van der Waals surface area contributed by atoms with Crippen molar-refractivity contribution in [3.8, 4) is 33.4 Å². The summed E-state index contributed by atoms with van der Waals surface area (Å²) in [6.45, 7) is 4.65. The summed E-state index contributed by atoms with van der Waals surface area (Å²) >= 11 is 8.91. The fourth-order valence-corrected chi connectivity index (χ4v) is 7.52. The minimum atomic E-state index is 0.00364. The van der Waals surface area contributed by atoms with Gasteiger partial charge in [-0.3, -0.25) is 0 Å². The minimum absolute atomic E-state index is 0.00364.